The Morgan fingerprint density at radius 2 is 1.96 bits per heavy atom. The molecule has 1 saturated heterocycles. The first-order valence-corrected chi connectivity index (χ1v) is 8.73. The third-order valence-corrected chi connectivity index (χ3v) is 4.86. The van der Waals surface area contributed by atoms with Gasteiger partial charge in [-0.1, -0.05) is 42.8 Å². The van der Waals surface area contributed by atoms with E-state index in [0.717, 1.165) is 18.9 Å². The second-order valence-corrected chi connectivity index (χ2v) is 6.43. The van der Waals surface area contributed by atoms with Gasteiger partial charge in [-0.3, -0.25) is 4.90 Å². The van der Waals surface area contributed by atoms with Crippen molar-refractivity contribution in [3.05, 3.63) is 59.8 Å². The van der Waals surface area contributed by atoms with E-state index in [1.807, 2.05) is 0 Å². The van der Waals surface area contributed by atoms with Gasteiger partial charge in [0.25, 0.3) is 0 Å². The monoisotopic (exact) mass is 309 g/mol. The Hall–Kier alpha value is -1.87. The molecule has 0 spiro atoms. The van der Waals surface area contributed by atoms with E-state index in [1.165, 1.54) is 36.9 Å². The minimum atomic E-state index is 0.498. The van der Waals surface area contributed by atoms with Gasteiger partial charge >= 0.3 is 0 Å². The Morgan fingerprint density at radius 3 is 2.65 bits per heavy atom. The molecule has 0 amide bonds. The van der Waals surface area contributed by atoms with Crippen LogP contribution in [0, 0.1) is 0 Å². The summed E-state index contributed by atoms with van der Waals surface area (Å²) < 4.78 is 0. The van der Waals surface area contributed by atoms with E-state index in [1.54, 1.807) is 0 Å². The third-order valence-electron chi connectivity index (χ3n) is 4.86. The molecule has 1 fully saturated rings. The molecule has 1 aromatic carbocycles. The van der Waals surface area contributed by atoms with Crippen LogP contribution in [0.2, 0.25) is 0 Å². The number of benzene rings is 1. The van der Waals surface area contributed by atoms with Crippen molar-refractivity contribution in [2.45, 2.75) is 38.8 Å². The number of hydrogen-bond acceptors (Lipinski definition) is 3. The first-order chi connectivity index (χ1) is 11.3. The van der Waals surface area contributed by atoms with Gasteiger partial charge in [0.1, 0.15) is 5.82 Å². The summed E-state index contributed by atoms with van der Waals surface area (Å²) in [7, 11) is 2.09. The maximum absolute atomic E-state index is 4.67. The first-order valence-electron chi connectivity index (χ1n) is 8.73. The molecule has 2 heterocycles. The average molecular weight is 309 g/mol. The predicted octanol–water partition coefficient (Wildman–Crippen LogP) is 4.26. The standard InChI is InChI=1S/C20H27N3/c1-3-22(2)20-13-12-18(15-21-20)19-11-7-8-14-23(19)16-17-9-5-4-6-10-17/h4-6,9-10,12-13,15,19H,3,7-8,11,14,16H2,1-2H3/t19-/m1/s1. The maximum Gasteiger partial charge on any atom is 0.128 e. The van der Waals surface area contributed by atoms with E-state index in [9.17, 15) is 0 Å². The summed E-state index contributed by atoms with van der Waals surface area (Å²) in [5.74, 6) is 1.06. The zero-order valence-electron chi connectivity index (χ0n) is 14.3. The summed E-state index contributed by atoms with van der Waals surface area (Å²) in [4.78, 5) is 9.45. The summed E-state index contributed by atoms with van der Waals surface area (Å²) in [6.07, 6.45) is 5.92. The molecule has 3 nitrogen and oxygen atoms in total. The molecular formula is C20H27N3. The van der Waals surface area contributed by atoms with Crippen LogP contribution in [0.15, 0.2) is 48.7 Å². The first kappa shape index (κ1) is 16.0. The Balaban J connectivity index is 1.75. The molecule has 0 N–H and O–H groups in total. The predicted molar refractivity (Wildman–Crippen MR) is 96.6 cm³/mol. The van der Waals surface area contributed by atoms with Crippen LogP contribution < -0.4 is 4.90 Å². The molecule has 122 valence electrons. The van der Waals surface area contributed by atoms with Crippen LogP contribution in [0.4, 0.5) is 5.82 Å². The Bertz CT molecular complexity index is 594. The molecule has 0 aliphatic carbocycles. The highest BCUT2D eigenvalue weighted by Gasteiger charge is 2.24. The average Bonchev–Trinajstić information content (AvgIpc) is 2.62. The summed E-state index contributed by atoms with van der Waals surface area (Å²) in [6, 6.07) is 15.7. The van der Waals surface area contributed by atoms with Crippen molar-refractivity contribution >= 4 is 5.82 Å². The fourth-order valence-corrected chi connectivity index (χ4v) is 3.36. The number of piperidine rings is 1. The van der Waals surface area contributed by atoms with Gasteiger partial charge in [-0.15, -0.1) is 0 Å². The van der Waals surface area contributed by atoms with Crippen LogP contribution in [0.3, 0.4) is 0 Å². The van der Waals surface area contributed by atoms with Gasteiger partial charge < -0.3 is 4.90 Å². The molecule has 2 aromatic rings. The molecule has 3 heteroatoms. The molecule has 0 bridgehead atoms. The largest absolute Gasteiger partial charge is 0.360 e. The van der Waals surface area contributed by atoms with Crippen molar-refractivity contribution in [1.29, 1.82) is 0 Å². The molecular weight excluding hydrogens is 282 g/mol. The molecule has 1 aromatic heterocycles. The van der Waals surface area contributed by atoms with E-state index >= 15 is 0 Å². The van der Waals surface area contributed by atoms with Crippen molar-refractivity contribution in [2.75, 3.05) is 25.0 Å². The van der Waals surface area contributed by atoms with Gasteiger partial charge in [0.15, 0.2) is 0 Å². The summed E-state index contributed by atoms with van der Waals surface area (Å²) >= 11 is 0. The Kier molecular flexibility index (Phi) is 5.29. The van der Waals surface area contributed by atoms with Crippen LogP contribution in [0.5, 0.6) is 0 Å². The zero-order chi connectivity index (χ0) is 16.1. The lowest BCUT2D eigenvalue weighted by Gasteiger charge is -2.36. The van der Waals surface area contributed by atoms with Crippen LogP contribution in [0.25, 0.3) is 0 Å². The van der Waals surface area contributed by atoms with E-state index in [0.29, 0.717) is 6.04 Å². The van der Waals surface area contributed by atoms with Crippen LogP contribution in [-0.2, 0) is 6.54 Å². The van der Waals surface area contributed by atoms with Crippen molar-refractivity contribution in [3.8, 4) is 0 Å². The fourth-order valence-electron chi connectivity index (χ4n) is 3.36. The highest BCUT2D eigenvalue weighted by atomic mass is 15.2. The van der Waals surface area contributed by atoms with Crippen molar-refractivity contribution in [3.63, 3.8) is 0 Å². The smallest absolute Gasteiger partial charge is 0.128 e. The van der Waals surface area contributed by atoms with Gasteiger partial charge in [0.2, 0.25) is 0 Å². The van der Waals surface area contributed by atoms with Gasteiger partial charge in [0, 0.05) is 32.4 Å². The molecule has 1 aliphatic rings. The molecule has 1 atom stereocenters. The number of likely N-dealkylation sites (tertiary alicyclic amines) is 1. The maximum atomic E-state index is 4.67. The van der Waals surface area contributed by atoms with Crippen molar-refractivity contribution in [1.82, 2.24) is 9.88 Å². The molecule has 0 radical (unpaired) electrons. The quantitative estimate of drug-likeness (QED) is 0.822. The minimum absolute atomic E-state index is 0.498. The third kappa shape index (κ3) is 3.91. The van der Waals surface area contributed by atoms with E-state index < -0.39 is 0 Å². The van der Waals surface area contributed by atoms with Gasteiger partial charge in [-0.2, -0.15) is 0 Å². The second-order valence-electron chi connectivity index (χ2n) is 6.43. The van der Waals surface area contributed by atoms with Gasteiger partial charge in [-0.25, -0.2) is 4.98 Å². The van der Waals surface area contributed by atoms with Crippen molar-refractivity contribution in [2.24, 2.45) is 0 Å². The van der Waals surface area contributed by atoms with Crippen LogP contribution in [-0.4, -0.2) is 30.0 Å². The number of anilines is 1. The van der Waals surface area contributed by atoms with Crippen LogP contribution in [0.1, 0.15) is 43.4 Å². The topological polar surface area (TPSA) is 19.4 Å². The van der Waals surface area contributed by atoms with Gasteiger partial charge in [-0.05, 0) is 43.5 Å². The summed E-state index contributed by atoms with van der Waals surface area (Å²) in [6.45, 7) is 5.34. The molecule has 1 aliphatic heterocycles. The lowest BCUT2D eigenvalue weighted by Crippen LogP contribution is -2.33. The number of nitrogens with zero attached hydrogens (tertiary/aromatic N) is 3. The van der Waals surface area contributed by atoms with Crippen LogP contribution >= 0.6 is 0 Å². The summed E-state index contributed by atoms with van der Waals surface area (Å²) in [5.41, 5.74) is 2.75. The Morgan fingerprint density at radius 1 is 1.13 bits per heavy atom. The normalized spacial score (nSPS) is 18.8. The lowest BCUT2D eigenvalue weighted by molar-refractivity contribution is 0.140. The minimum Gasteiger partial charge on any atom is -0.360 e. The fraction of sp³-hybridized carbons (Fsp3) is 0.450. The zero-order valence-corrected chi connectivity index (χ0v) is 14.3. The van der Waals surface area contributed by atoms with Gasteiger partial charge in [0.05, 0.1) is 0 Å². The summed E-state index contributed by atoms with van der Waals surface area (Å²) in [5, 5.41) is 0. The number of pyridine rings is 1. The lowest BCUT2D eigenvalue weighted by atomic mass is 9.95. The van der Waals surface area contributed by atoms with E-state index in [2.05, 4.69) is 77.4 Å². The molecule has 0 saturated carbocycles. The highest BCUT2D eigenvalue weighted by Crippen LogP contribution is 2.32. The molecule has 0 unspecified atom stereocenters. The number of aromatic nitrogens is 1. The molecule has 3 rings (SSSR count). The number of rotatable bonds is 5. The Labute approximate surface area is 140 Å². The van der Waals surface area contributed by atoms with E-state index in [4.69, 9.17) is 0 Å². The van der Waals surface area contributed by atoms with E-state index in [-0.39, 0.29) is 0 Å². The SMILES string of the molecule is CCN(C)c1ccc([C@H]2CCCCN2Cc2ccccc2)cn1. The molecule has 23 heavy (non-hydrogen) atoms. The second kappa shape index (κ2) is 7.60. The van der Waals surface area contributed by atoms with Crippen molar-refractivity contribution < 1.29 is 0 Å². The highest BCUT2D eigenvalue weighted by molar-refractivity contribution is 5.38. The number of hydrogen-bond donors (Lipinski definition) is 0.